The van der Waals surface area contributed by atoms with Gasteiger partial charge < -0.3 is 15.3 Å². The number of aryl methyl sites for hydroxylation is 1. The number of ketones is 1. The fourth-order valence-electron chi connectivity index (χ4n) is 3.31. The van der Waals surface area contributed by atoms with Gasteiger partial charge in [0.2, 0.25) is 11.8 Å². The SMILES string of the molecule is O=C(O)CNC(=O)C1C(=O)CCN(Cc2ccc(CCC3CC3)cc2)C1=O. The lowest BCUT2D eigenvalue weighted by molar-refractivity contribution is -0.152. The molecule has 1 heterocycles. The Morgan fingerprint density at radius 1 is 1.11 bits per heavy atom. The molecule has 0 spiro atoms. The van der Waals surface area contributed by atoms with Crippen molar-refractivity contribution in [3.05, 3.63) is 35.4 Å². The minimum Gasteiger partial charge on any atom is -0.480 e. The summed E-state index contributed by atoms with van der Waals surface area (Å²) in [4.78, 5) is 48.7. The molecule has 0 bridgehead atoms. The maximum absolute atomic E-state index is 12.6. The van der Waals surface area contributed by atoms with Gasteiger partial charge in [0.15, 0.2) is 11.7 Å². The first-order valence-corrected chi connectivity index (χ1v) is 9.33. The Morgan fingerprint density at radius 3 is 2.41 bits per heavy atom. The molecule has 2 fully saturated rings. The number of nitrogens with one attached hydrogen (secondary N) is 1. The molecule has 7 heteroatoms. The topological polar surface area (TPSA) is 104 Å². The van der Waals surface area contributed by atoms with Crippen LogP contribution in [0.2, 0.25) is 0 Å². The summed E-state index contributed by atoms with van der Waals surface area (Å²) in [6.45, 7) is -0.0141. The quantitative estimate of drug-likeness (QED) is 0.666. The number of benzene rings is 1. The summed E-state index contributed by atoms with van der Waals surface area (Å²) in [7, 11) is 0. The van der Waals surface area contributed by atoms with Crippen molar-refractivity contribution >= 4 is 23.6 Å². The Bertz CT molecular complexity index is 739. The molecule has 1 saturated carbocycles. The van der Waals surface area contributed by atoms with Gasteiger partial charge in [-0.15, -0.1) is 0 Å². The Morgan fingerprint density at radius 2 is 1.78 bits per heavy atom. The zero-order valence-electron chi connectivity index (χ0n) is 15.1. The number of aliphatic carboxylic acids is 1. The zero-order valence-corrected chi connectivity index (χ0v) is 15.1. The molecule has 144 valence electrons. The maximum atomic E-state index is 12.6. The summed E-state index contributed by atoms with van der Waals surface area (Å²) in [6, 6.07) is 8.08. The summed E-state index contributed by atoms with van der Waals surface area (Å²) in [6.07, 6.45) is 5.06. The van der Waals surface area contributed by atoms with Crippen molar-refractivity contribution < 1.29 is 24.3 Å². The van der Waals surface area contributed by atoms with E-state index in [0.29, 0.717) is 6.54 Å². The summed E-state index contributed by atoms with van der Waals surface area (Å²) in [5.41, 5.74) is 2.22. The van der Waals surface area contributed by atoms with E-state index in [2.05, 4.69) is 17.4 Å². The monoisotopic (exact) mass is 372 g/mol. The molecule has 27 heavy (non-hydrogen) atoms. The van der Waals surface area contributed by atoms with Crippen molar-refractivity contribution in [3.8, 4) is 0 Å². The van der Waals surface area contributed by atoms with E-state index < -0.39 is 36.0 Å². The van der Waals surface area contributed by atoms with Gasteiger partial charge in [0, 0.05) is 19.5 Å². The van der Waals surface area contributed by atoms with E-state index in [0.717, 1.165) is 17.9 Å². The highest BCUT2D eigenvalue weighted by Gasteiger charge is 2.40. The van der Waals surface area contributed by atoms with Crippen LogP contribution < -0.4 is 5.32 Å². The number of piperidine rings is 1. The molecule has 3 rings (SSSR count). The van der Waals surface area contributed by atoms with Gasteiger partial charge in [0.25, 0.3) is 0 Å². The summed E-state index contributed by atoms with van der Waals surface area (Å²) in [5, 5.41) is 10.8. The van der Waals surface area contributed by atoms with E-state index in [1.807, 2.05) is 12.1 Å². The molecule has 2 N–H and O–H groups in total. The highest BCUT2D eigenvalue weighted by molar-refractivity contribution is 6.19. The summed E-state index contributed by atoms with van der Waals surface area (Å²) < 4.78 is 0. The molecule has 1 atom stereocenters. The second-order valence-electron chi connectivity index (χ2n) is 7.32. The third-order valence-corrected chi connectivity index (χ3v) is 5.12. The molecule has 2 amide bonds. The van der Waals surface area contributed by atoms with Gasteiger partial charge in [-0.3, -0.25) is 19.2 Å². The van der Waals surface area contributed by atoms with E-state index in [1.165, 1.54) is 29.7 Å². The van der Waals surface area contributed by atoms with Gasteiger partial charge >= 0.3 is 5.97 Å². The molecule has 1 saturated heterocycles. The summed E-state index contributed by atoms with van der Waals surface area (Å²) >= 11 is 0. The second-order valence-corrected chi connectivity index (χ2v) is 7.32. The minimum absolute atomic E-state index is 0.0936. The number of carbonyl (C=O) groups excluding carboxylic acids is 3. The molecule has 7 nitrogen and oxygen atoms in total. The van der Waals surface area contributed by atoms with Crippen molar-refractivity contribution in [2.24, 2.45) is 11.8 Å². The van der Waals surface area contributed by atoms with Crippen LogP contribution in [0.15, 0.2) is 24.3 Å². The molecule has 0 aromatic heterocycles. The third kappa shape index (κ3) is 5.15. The predicted molar refractivity (Wildman–Crippen MR) is 96.7 cm³/mol. The number of amides is 2. The number of rotatable bonds is 8. The molecule has 1 aliphatic heterocycles. The van der Waals surface area contributed by atoms with Crippen LogP contribution in [0.25, 0.3) is 0 Å². The maximum Gasteiger partial charge on any atom is 0.322 e. The Kier molecular flexibility index (Phi) is 5.88. The Hall–Kier alpha value is -2.70. The number of hydrogen-bond donors (Lipinski definition) is 2. The lowest BCUT2D eigenvalue weighted by atomic mass is 9.94. The van der Waals surface area contributed by atoms with Crippen LogP contribution in [0.4, 0.5) is 0 Å². The number of nitrogens with zero attached hydrogens (tertiary/aromatic N) is 1. The Labute approximate surface area is 157 Å². The lowest BCUT2D eigenvalue weighted by Gasteiger charge is -2.30. The molecule has 2 aliphatic rings. The number of hydrogen-bond acceptors (Lipinski definition) is 4. The van der Waals surface area contributed by atoms with Crippen LogP contribution >= 0.6 is 0 Å². The molecule has 1 unspecified atom stereocenters. The zero-order chi connectivity index (χ0) is 19.4. The third-order valence-electron chi connectivity index (χ3n) is 5.12. The smallest absolute Gasteiger partial charge is 0.322 e. The number of Topliss-reactive ketones (excluding diaryl/α,β-unsaturated/α-hetero) is 1. The van der Waals surface area contributed by atoms with Crippen LogP contribution in [0.5, 0.6) is 0 Å². The van der Waals surface area contributed by atoms with E-state index in [1.54, 1.807) is 0 Å². The van der Waals surface area contributed by atoms with Crippen molar-refractivity contribution in [3.63, 3.8) is 0 Å². The Balaban J connectivity index is 1.58. The molecule has 0 radical (unpaired) electrons. The standard InChI is InChI=1S/C20H24N2O5/c23-16-9-10-22(20(27)18(16)19(26)21-11-17(24)25)12-15-7-5-14(6-8-15)4-3-13-1-2-13/h5-8,13,18H,1-4,9-12H2,(H,21,26)(H,24,25). The van der Waals surface area contributed by atoms with Gasteiger partial charge in [-0.25, -0.2) is 0 Å². The fraction of sp³-hybridized carbons (Fsp3) is 0.500. The number of carbonyl (C=O) groups is 4. The first kappa shape index (κ1) is 19.1. The summed E-state index contributed by atoms with van der Waals surface area (Å²) in [5.74, 6) is -3.65. The van der Waals surface area contributed by atoms with Gasteiger partial charge in [0.1, 0.15) is 6.54 Å². The minimum atomic E-state index is -1.45. The van der Waals surface area contributed by atoms with Crippen molar-refractivity contribution in [2.75, 3.05) is 13.1 Å². The largest absolute Gasteiger partial charge is 0.480 e. The average Bonchev–Trinajstić information content (AvgIpc) is 3.46. The lowest BCUT2D eigenvalue weighted by Crippen LogP contribution is -2.52. The molecular weight excluding hydrogens is 348 g/mol. The highest BCUT2D eigenvalue weighted by atomic mass is 16.4. The predicted octanol–water partition coefficient (Wildman–Crippen LogP) is 1.15. The van der Waals surface area contributed by atoms with Crippen molar-refractivity contribution in [1.82, 2.24) is 10.2 Å². The van der Waals surface area contributed by atoms with Gasteiger partial charge in [0.05, 0.1) is 0 Å². The van der Waals surface area contributed by atoms with Crippen LogP contribution in [0.3, 0.4) is 0 Å². The number of likely N-dealkylation sites (tertiary alicyclic amines) is 1. The van der Waals surface area contributed by atoms with Gasteiger partial charge in [-0.2, -0.15) is 0 Å². The fourth-order valence-corrected chi connectivity index (χ4v) is 3.31. The number of carboxylic acid groups (broad SMARTS) is 1. The van der Waals surface area contributed by atoms with Crippen LogP contribution in [0, 0.1) is 11.8 Å². The van der Waals surface area contributed by atoms with E-state index in [-0.39, 0.29) is 13.0 Å². The van der Waals surface area contributed by atoms with Crippen LogP contribution in [-0.4, -0.2) is 46.7 Å². The molecule has 1 aromatic rings. The van der Waals surface area contributed by atoms with Gasteiger partial charge in [-0.05, 0) is 29.9 Å². The normalized spacial score (nSPS) is 19.9. The van der Waals surface area contributed by atoms with Gasteiger partial charge in [-0.1, -0.05) is 37.1 Å². The number of carboxylic acids is 1. The van der Waals surface area contributed by atoms with E-state index in [4.69, 9.17) is 5.11 Å². The first-order valence-electron chi connectivity index (χ1n) is 9.33. The molecular formula is C20H24N2O5. The highest BCUT2D eigenvalue weighted by Crippen LogP contribution is 2.33. The first-order chi connectivity index (χ1) is 12.9. The van der Waals surface area contributed by atoms with Crippen molar-refractivity contribution in [1.29, 1.82) is 0 Å². The molecule has 1 aliphatic carbocycles. The van der Waals surface area contributed by atoms with E-state index in [9.17, 15) is 19.2 Å². The van der Waals surface area contributed by atoms with Crippen LogP contribution in [-0.2, 0) is 32.1 Å². The second kappa shape index (κ2) is 8.33. The van der Waals surface area contributed by atoms with Crippen molar-refractivity contribution in [2.45, 2.75) is 38.6 Å². The molecule has 1 aromatic carbocycles. The average molecular weight is 372 g/mol. The van der Waals surface area contributed by atoms with E-state index >= 15 is 0 Å². The van der Waals surface area contributed by atoms with Crippen LogP contribution in [0.1, 0.15) is 36.8 Å².